The SMILES string of the molecule is CNC(=O)c1cc(Oc2ccc(NC(=O)Nc3ccc(Cl)c(C(F)(F)F)c3)cc2)ccn1.NC(=O)c1cc(Oc2ccc(NC(=O)Nc3ccc(Cl)c(C(F)(F)F)c3)cc2)ccn1. The minimum absolute atomic E-state index is 0.0448. The summed E-state index contributed by atoms with van der Waals surface area (Å²) < 4.78 is 88.8. The number of primary amides is 1. The fourth-order valence-corrected chi connectivity index (χ4v) is 5.50. The van der Waals surface area contributed by atoms with Gasteiger partial charge in [0.15, 0.2) is 0 Å². The molecule has 0 fully saturated rings. The Morgan fingerprint density at radius 3 is 1.27 bits per heavy atom. The number of carbonyl (C=O) groups excluding carboxylic acids is 4. The molecule has 6 rings (SSSR count). The molecule has 6 aromatic rings. The fourth-order valence-electron chi connectivity index (χ4n) is 5.05. The highest BCUT2D eigenvalue weighted by atomic mass is 35.5. The molecule has 14 nitrogen and oxygen atoms in total. The second-order valence-corrected chi connectivity index (χ2v) is 13.3. The Morgan fingerprint density at radius 1 is 0.524 bits per heavy atom. The summed E-state index contributed by atoms with van der Waals surface area (Å²) in [6.45, 7) is 0. The molecule has 6 amide bonds. The molecule has 0 atom stereocenters. The molecular formula is C41H30Cl2F6N8O6. The quantitative estimate of drug-likeness (QED) is 0.0729. The summed E-state index contributed by atoms with van der Waals surface area (Å²) in [7, 11) is 1.49. The van der Waals surface area contributed by atoms with E-state index in [2.05, 4.69) is 36.6 Å². The van der Waals surface area contributed by atoms with Crippen molar-refractivity contribution in [2.24, 2.45) is 5.73 Å². The number of hydrogen-bond acceptors (Lipinski definition) is 8. The number of amides is 6. The number of urea groups is 2. The summed E-state index contributed by atoms with van der Waals surface area (Å²) in [5.74, 6) is 0.506. The number of pyridine rings is 2. The van der Waals surface area contributed by atoms with Crippen molar-refractivity contribution in [2.45, 2.75) is 12.4 Å². The lowest BCUT2D eigenvalue weighted by Crippen LogP contribution is -2.19. The van der Waals surface area contributed by atoms with E-state index in [4.69, 9.17) is 38.4 Å². The van der Waals surface area contributed by atoms with Gasteiger partial charge < -0.3 is 41.8 Å². The molecule has 0 spiro atoms. The van der Waals surface area contributed by atoms with Crippen molar-refractivity contribution in [3.63, 3.8) is 0 Å². The summed E-state index contributed by atoms with van der Waals surface area (Å²) in [6, 6.07) is 22.9. The molecule has 0 aliphatic carbocycles. The van der Waals surface area contributed by atoms with Gasteiger partial charge in [0.1, 0.15) is 34.4 Å². The van der Waals surface area contributed by atoms with E-state index in [1.165, 1.54) is 61.9 Å². The van der Waals surface area contributed by atoms with Crippen LogP contribution in [0.4, 0.5) is 58.7 Å². The first-order valence-corrected chi connectivity index (χ1v) is 18.4. The molecule has 2 aromatic heterocycles. The van der Waals surface area contributed by atoms with Crippen LogP contribution in [0.25, 0.3) is 0 Å². The Labute approximate surface area is 362 Å². The largest absolute Gasteiger partial charge is 0.457 e. The van der Waals surface area contributed by atoms with Gasteiger partial charge in [-0.05, 0) is 97.1 Å². The number of carbonyl (C=O) groups is 4. The van der Waals surface area contributed by atoms with Crippen LogP contribution in [0.2, 0.25) is 10.0 Å². The highest BCUT2D eigenvalue weighted by Gasteiger charge is 2.34. The van der Waals surface area contributed by atoms with E-state index in [-0.39, 0.29) is 28.7 Å². The summed E-state index contributed by atoms with van der Waals surface area (Å²) in [5, 5.41) is 11.2. The van der Waals surface area contributed by atoms with Crippen LogP contribution in [-0.4, -0.2) is 40.9 Å². The van der Waals surface area contributed by atoms with E-state index in [0.29, 0.717) is 34.4 Å². The molecule has 2 heterocycles. The van der Waals surface area contributed by atoms with Crippen molar-refractivity contribution in [1.29, 1.82) is 0 Å². The average Bonchev–Trinajstić information content (AvgIpc) is 3.23. The van der Waals surface area contributed by atoms with Crippen LogP contribution >= 0.6 is 23.2 Å². The maximum Gasteiger partial charge on any atom is 0.417 e. The molecule has 0 unspecified atom stereocenters. The summed E-state index contributed by atoms with van der Waals surface area (Å²) in [5.41, 5.74) is 3.91. The third-order valence-electron chi connectivity index (χ3n) is 7.93. The predicted molar refractivity (Wildman–Crippen MR) is 222 cm³/mol. The number of aromatic nitrogens is 2. The third-order valence-corrected chi connectivity index (χ3v) is 8.59. The maximum atomic E-state index is 12.9. The Balaban J connectivity index is 0.000000238. The lowest BCUT2D eigenvalue weighted by atomic mass is 10.2. The molecule has 0 aliphatic rings. The van der Waals surface area contributed by atoms with Gasteiger partial charge in [-0.3, -0.25) is 19.6 Å². The predicted octanol–water partition coefficient (Wildman–Crippen LogP) is 10.8. The van der Waals surface area contributed by atoms with E-state index in [0.717, 1.165) is 24.3 Å². The van der Waals surface area contributed by atoms with Crippen LogP contribution in [0.1, 0.15) is 32.1 Å². The zero-order valence-corrected chi connectivity index (χ0v) is 33.5. The number of halogens is 8. The first kappa shape index (κ1) is 46.5. The topological polar surface area (TPSA) is 199 Å². The smallest absolute Gasteiger partial charge is 0.417 e. The number of alkyl halides is 6. The zero-order valence-electron chi connectivity index (χ0n) is 32.0. The molecule has 22 heteroatoms. The summed E-state index contributed by atoms with van der Waals surface area (Å²) >= 11 is 11.1. The molecular weight excluding hydrogens is 885 g/mol. The van der Waals surface area contributed by atoms with E-state index < -0.39 is 51.5 Å². The van der Waals surface area contributed by atoms with E-state index in [1.807, 2.05) is 0 Å². The van der Waals surface area contributed by atoms with Crippen LogP contribution in [-0.2, 0) is 12.4 Å². The van der Waals surface area contributed by atoms with Crippen molar-refractivity contribution >= 4 is 69.8 Å². The summed E-state index contributed by atoms with van der Waals surface area (Å²) in [4.78, 5) is 54.8. The molecule has 4 aromatic carbocycles. The molecule has 63 heavy (non-hydrogen) atoms. The highest BCUT2D eigenvalue weighted by molar-refractivity contribution is 6.32. The second-order valence-electron chi connectivity index (χ2n) is 12.5. The van der Waals surface area contributed by atoms with Gasteiger partial charge in [0, 0.05) is 54.3 Å². The number of nitrogens with two attached hydrogens (primary N) is 1. The van der Waals surface area contributed by atoms with Gasteiger partial charge in [-0.1, -0.05) is 23.2 Å². The van der Waals surface area contributed by atoms with Crippen LogP contribution in [0, 0.1) is 0 Å². The number of hydrogen-bond donors (Lipinski definition) is 6. The number of nitrogens with zero attached hydrogens (tertiary/aromatic N) is 2. The van der Waals surface area contributed by atoms with E-state index in [1.54, 1.807) is 42.5 Å². The van der Waals surface area contributed by atoms with Gasteiger partial charge in [-0.2, -0.15) is 26.3 Å². The monoisotopic (exact) mass is 914 g/mol. The normalized spacial score (nSPS) is 10.9. The third kappa shape index (κ3) is 13.7. The van der Waals surface area contributed by atoms with Gasteiger partial charge in [-0.25, -0.2) is 9.59 Å². The number of rotatable bonds is 10. The van der Waals surface area contributed by atoms with Gasteiger partial charge >= 0.3 is 24.4 Å². The van der Waals surface area contributed by atoms with Crippen molar-refractivity contribution in [1.82, 2.24) is 15.3 Å². The molecule has 0 radical (unpaired) electrons. The lowest BCUT2D eigenvalue weighted by molar-refractivity contribution is -0.138. The number of benzene rings is 4. The van der Waals surface area contributed by atoms with Crippen LogP contribution in [0.5, 0.6) is 23.0 Å². The lowest BCUT2D eigenvalue weighted by Gasteiger charge is -2.12. The van der Waals surface area contributed by atoms with Crippen LogP contribution < -0.4 is 41.8 Å². The van der Waals surface area contributed by atoms with Crippen LogP contribution in [0.15, 0.2) is 122 Å². The van der Waals surface area contributed by atoms with Crippen molar-refractivity contribution in [3.05, 3.63) is 154 Å². The van der Waals surface area contributed by atoms with Crippen LogP contribution in [0.3, 0.4) is 0 Å². The Bertz CT molecular complexity index is 2620. The molecule has 0 saturated carbocycles. The first-order valence-electron chi connectivity index (χ1n) is 17.7. The highest BCUT2D eigenvalue weighted by Crippen LogP contribution is 2.37. The van der Waals surface area contributed by atoms with Crippen molar-refractivity contribution in [2.75, 3.05) is 28.3 Å². The van der Waals surface area contributed by atoms with Crippen molar-refractivity contribution in [3.8, 4) is 23.0 Å². The Morgan fingerprint density at radius 2 is 0.889 bits per heavy atom. The summed E-state index contributed by atoms with van der Waals surface area (Å²) in [6.07, 6.45) is -6.48. The number of anilines is 4. The molecule has 0 saturated heterocycles. The Hall–Kier alpha value is -7.58. The minimum Gasteiger partial charge on any atom is -0.457 e. The molecule has 0 bridgehead atoms. The molecule has 326 valence electrons. The maximum absolute atomic E-state index is 12.9. The Kier molecular flexibility index (Phi) is 15.0. The van der Waals surface area contributed by atoms with Gasteiger partial charge in [0.05, 0.1) is 21.2 Å². The van der Waals surface area contributed by atoms with Gasteiger partial charge in [-0.15, -0.1) is 0 Å². The van der Waals surface area contributed by atoms with Gasteiger partial charge in [0.25, 0.3) is 11.8 Å². The number of nitrogens with one attached hydrogen (secondary N) is 5. The average molecular weight is 916 g/mol. The fraction of sp³-hybridized carbons (Fsp3) is 0.0732. The van der Waals surface area contributed by atoms with Crippen molar-refractivity contribution < 1.29 is 55.0 Å². The minimum atomic E-state index is -4.64. The number of ether oxygens (including phenoxy) is 2. The van der Waals surface area contributed by atoms with Gasteiger partial charge in [0.2, 0.25) is 0 Å². The first-order chi connectivity index (χ1) is 29.8. The second kappa shape index (κ2) is 20.3. The van der Waals surface area contributed by atoms with E-state index in [9.17, 15) is 45.5 Å². The standard InChI is InChI=1S/C21H16ClF3N4O3.C20H14ClF3N4O3/c1-26-19(30)18-11-15(8-9-27-18)32-14-5-2-12(3-6-14)28-20(31)29-13-4-7-17(22)16(10-13)21(23,24)25;21-16-6-3-12(9-15(16)20(22,23)24)28-19(30)27-11-1-4-13(5-2-11)31-14-7-8-26-17(10-14)18(25)29/h2-11H,1H3,(H,26,30)(H2,28,29,31);1-10H,(H2,25,29)(H2,27,28,30). The molecule has 7 N–H and O–H groups in total. The zero-order chi connectivity index (χ0) is 45.9. The molecule has 0 aliphatic heterocycles. The van der Waals surface area contributed by atoms with E-state index >= 15 is 0 Å².